The number of nitrogens with one attached hydrogen (secondary N) is 2. The van der Waals surface area contributed by atoms with Crippen molar-refractivity contribution in [2.45, 2.75) is 52.0 Å². The summed E-state index contributed by atoms with van der Waals surface area (Å²) in [6, 6.07) is 7.18. The van der Waals surface area contributed by atoms with E-state index in [-0.39, 0.29) is 36.7 Å². The van der Waals surface area contributed by atoms with E-state index in [9.17, 15) is 14.4 Å². The Morgan fingerprint density at radius 2 is 1.75 bits per heavy atom. The Hall–Kier alpha value is -2.83. The molecule has 2 N–H and O–H groups in total. The van der Waals surface area contributed by atoms with Crippen molar-refractivity contribution in [2.24, 2.45) is 0 Å². The number of benzene rings is 1. The fraction of sp³-hybridized carbons (Fsp3) is 0.476. The van der Waals surface area contributed by atoms with Gasteiger partial charge < -0.3 is 20.3 Å². The zero-order valence-electron chi connectivity index (χ0n) is 16.4. The molecule has 28 heavy (non-hydrogen) atoms. The van der Waals surface area contributed by atoms with Crippen LogP contribution in [0.2, 0.25) is 0 Å². The molecular formula is C21H27N3O4. The Kier molecular flexibility index (Phi) is 6.34. The predicted molar refractivity (Wildman–Crippen MR) is 107 cm³/mol. The van der Waals surface area contributed by atoms with Crippen LogP contribution in [-0.2, 0) is 19.1 Å². The van der Waals surface area contributed by atoms with E-state index in [2.05, 4.69) is 10.6 Å². The minimum atomic E-state index is -0.452. The first kappa shape index (κ1) is 19.9. The lowest BCUT2D eigenvalue weighted by Crippen LogP contribution is -2.39. The molecule has 0 aromatic heterocycles. The molecule has 0 atom stereocenters. The van der Waals surface area contributed by atoms with Gasteiger partial charge in [-0.15, -0.1) is 0 Å². The van der Waals surface area contributed by atoms with Crippen LogP contribution in [0, 0.1) is 0 Å². The topological polar surface area (TPSA) is 87.7 Å². The summed E-state index contributed by atoms with van der Waals surface area (Å²) in [5, 5.41) is 5.80. The molecule has 0 radical (unpaired) electrons. The highest BCUT2D eigenvalue weighted by molar-refractivity contribution is 6.08. The molecule has 1 aliphatic heterocycles. The van der Waals surface area contributed by atoms with Crippen molar-refractivity contribution in [2.75, 3.05) is 23.8 Å². The summed E-state index contributed by atoms with van der Waals surface area (Å²) in [6.45, 7) is 3.74. The summed E-state index contributed by atoms with van der Waals surface area (Å²) in [5.74, 6) is -0.755. The zero-order valence-corrected chi connectivity index (χ0v) is 16.4. The van der Waals surface area contributed by atoms with Gasteiger partial charge in [-0.2, -0.15) is 0 Å². The monoisotopic (exact) mass is 385 g/mol. The van der Waals surface area contributed by atoms with E-state index in [0.29, 0.717) is 16.9 Å². The molecule has 1 aromatic carbocycles. The van der Waals surface area contributed by atoms with Crippen LogP contribution in [0.1, 0.15) is 46.0 Å². The van der Waals surface area contributed by atoms with Gasteiger partial charge in [0, 0.05) is 24.3 Å². The molecule has 0 unspecified atom stereocenters. The lowest BCUT2D eigenvalue weighted by atomic mass is 9.94. The van der Waals surface area contributed by atoms with E-state index in [1.165, 1.54) is 13.3 Å². The maximum atomic E-state index is 13.1. The van der Waals surface area contributed by atoms with Crippen molar-refractivity contribution in [1.82, 2.24) is 4.90 Å². The first-order valence-corrected chi connectivity index (χ1v) is 9.85. The average molecular weight is 385 g/mol. The highest BCUT2D eigenvalue weighted by Gasteiger charge is 2.38. The van der Waals surface area contributed by atoms with Gasteiger partial charge in [0.05, 0.1) is 18.7 Å². The van der Waals surface area contributed by atoms with E-state index < -0.39 is 5.97 Å². The van der Waals surface area contributed by atoms with Crippen LogP contribution in [-0.4, -0.2) is 41.9 Å². The number of amides is 2. The van der Waals surface area contributed by atoms with Gasteiger partial charge in [-0.05, 0) is 44.0 Å². The highest BCUT2D eigenvalue weighted by atomic mass is 16.5. The maximum absolute atomic E-state index is 13.1. The Bertz CT molecular complexity index is 779. The molecular weight excluding hydrogens is 358 g/mol. The Labute approximate surface area is 165 Å². The summed E-state index contributed by atoms with van der Waals surface area (Å²) < 4.78 is 5.18. The lowest BCUT2D eigenvalue weighted by molar-refractivity contribution is -0.138. The largest absolute Gasteiger partial charge is 0.463 e. The highest BCUT2D eigenvalue weighted by Crippen LogP contribution is 2.30. The maximum Gasteiger partial charge on any atom is 0.338 e. The third-order valence-corrected chi connectivity index (χ3v) is 5.12. The fourth-order valence-corrected chi connectivity index (χ4v) is 3.78. The van der Waals surface area contributed by atoms with E-state index >= 15 is 0 Å². The van der Waals surface area contributed by atoms with Gasteiger partial charge in [0.1, 0.15) is 5.70 Å². The third-order valence-electron chi connectivity index (χ3n) is 5.12. The standard InChI is InChI=1S/C21H27N3O4/c1-3-28-21(27)18-13-24(17-7-5-4-6-8-17)20(26)19(18)23-16-11-9-15(10-12-16)22-14(2)25/h9-12,17,23H,3-8,13H2,1-2H3,(H,22,25). The molecule has 0 spiro atoms. The molecule has 2 aliphatic rings. The van der Waals surface area contributed by atoms with Crippen molar-refractivity contribution >= 4 is 29.2 Å². The van der Waals surface area contributed by atoms with Crippen LogP contribution in [0.4, 0.5) is 11.4 Å². The normalized spacial score (nSPS) is 17.6. The van der Waals surface area contributed by atoms with Gasteiger partial charge in [0.2, 0.25) is 5.91 Å². The van der Waals surface area contributed by atoms with E-state index in [4.69, 9.17) is 4.74 Å². The van der Waals surface area contributed by atoms with Crippen LogP contribution < -0.4 is 10.6 Å². The van der Waals surface area contributed by atoms with Crippen molar-refractivity contribution in [3.05, 3.63) is 35.5 Å². The molecule has 1 aromatic rings. The number of hydrogen-bond acceptors (Lipinski definition) is 5. The number of rotatable bonds is 6. The number of hydrogen-bond donors (Lipinski definition) is 2. The second-order valence-electron chi connectivity index (χ2n) is 7.18. The average Bonchev–Trinajstić information content (AvgIpc) is 3.00. The van der Waals surface area contributed by atoms with Gasteiger partial charge in [0.15, 0.2) is 0 Å². The summed E-state index contributed by atoms with van der Waals surface area (Å²) >= 11 is 0. The molecule has 1 aliphatic carbocycles. The Morgan fingerprint density at radius 3 is 2.36 bits per heavy atom. The third kappa shape index (κ3) is 4.52. The van der Waals surface area contributed by atoms with E-state index in [0.717, 1.165) is 25.7 Å². The number of nitrogens with zero attached hydrogens (tertiary/aromatic N) is 1. The first-order chi connectivity index (χ1) is 13.5. The number of esters is 1. The molecule has 2 amide bonds. The first-order valence-electron chi connectivity index (χ1n) is 9.85. The number of anilines is 2. The van der Waals surface area contributed by atoms with Crippen molar-refractivity contribution in [1.29, 1.82) is 0 Å². The smallest absolute Gasteiger partial charge is 0.338 e. The summed E-state index contributed by atoms with van der Waals surface area (Å²) in [7, 11) is 0. The van der Waals surface area contributed by atoms with Crippen LogP contribution in [0.25, 0.3) is 0 Å². The minimum absolute atomic E-state index is 0.151. The second-order valence-corrected chi connectivity index (χ2v) is 7.18. The SMILES string of the molecule is CCOC(=O)C1=C(Nc2ccc(NC(C)=O)cc2)C(=O)N(C2CCCCC2)C1. The van der Waals surface area contributed by atoms with Crippen molar-refractivity contribution in [3.8, 4) is 0 Å². The van der Waals surface area contributed by atoms with Gasteiger partial charge in [0.25, 0.3) is 5.91 Å². The Morgan fingerprint density at radius 1 is 1.11 bits per heavy atom. The predicted octanol–water partition coefficient (Wildman–Crippen LogP) is 3.05. The van der Waals surface area contributed by atoms with Gasteiger partial charge in [-0.25, -0.2) is 4.79 Å². The van der Waals surface area contributed by atoms with E-state index in [1.54, 1.807) is 36.1 Å². The second kappa shape index (κ2) is 8.91. The van der Waals surface area contributed by atoms with Gasteiger partial charge in [-0.1, -0.05) is 19.3 Å². The van der Waals surface area contributed by atoms with Gasteiger partial charge >= 0.3 is 5.97 Å². The lowest BCUT2D eigenvalue weighted by Gasteiger charge is -2.31. The summed E-state index contributed by atoms with van der Waals surface area (Å²) in [5.41, 5.74) is 2.00. The molecule has 7 heteroatoms. The Balaban J connectivity index is 1.80. The fourth-order valence-electron chi connectivity index (χ4n) is 3.78. The molecule has 7 nitrogen and oxygen atoms in total. The van der Waals surface area contributed by atoms with Crippen LogP contribution >= 0.6 is 0 Å². The molecule has 0 saturated heterocycles. The molecule has 3 rings (SSSR count). The van der Waals surface area contributed by atoms with Crippen molar-refractivity contribution in [3.63, 3.8) is 0 Å². The van der Waals surface area contributed by atoms with E-state index in [1.807, 2.05) is 0 Å². The molecule has 150 valence electrons. The number of carbonyl (C=O) groups excluding carboxylic acids is 3. The molecule has 1 saturated carbocycles. The van der Waals surface area contributed by atoms with Crippen LogP contribution in [0.3, 0.4) is 0 Å². The number of ether oxygens (including phenoxy) is 1. The van der Waals surface area contributed by atoms with Gasteiger partial charge in [-0.3, -0.25) is 9.59 Å². The quantitative estimate of drug-likeness (QED) is 0.735. The van der Waals surface area contributed by atoms with Crippen LogP contribution in [0.15, 0.2) is 35.5 Å². The summed E-state index contributed by atoms with van der Waals surface area (Å²) in [4.78, 5) is 38.5. The number of carbonyl (C=O) groups is 3. The van der Waals surface area contributed by atoms with Crippen molar-refractivity contribution < 1.29 is 19.1 Å². The van der Waals surface area contributed by atoms with Crippen LogP contribution in [0.5, 0.6) is 0 Å². The molecule has 1 heterocycles. The minimum Gasteiger partial charge on any atom is -0.463 e. The molecule has 0 bridgehead atoms. The summed E-state index contributed by atoms with van der Waals surface area (Å²) in [6.07, 6.45) is 5.36. The molecule has 1 fully saturated rings. The zero-order chi connectivity index (χ0) is 20.1.